The maximum atomic E-state index is 11.9. The first-order valence-electron chi connectivity index (χ1n) is 4.31. The first kappa shape index (κ1) is 11.8. The van der Waals surface area contributed by atoms with Gasteiger partial charge < -0.3 is 10.4 Å². The Morgan fingerprint density at radius 2 is 1.92 bits per heavy atom. The Bertz CT molecular complexity index is 101. The molecular weight excluding hydrogens is 164 g/mol. The van der Waals surface area contributed by atoms with Crippen molar-refractivity contribution in [2.75, 3.05) is 13.2 Å². The minimum atomic E-state index is -2.29. The van der Waals surface area contributed by atoms with E-state index in [9.17, 15) is 8.78 Å². The van der Waals surface area contributed by atoms with Crippen molar-refractivity contribution in [1.29, 1.82) is 0 Å². The van der Waals surface area contributed by atoms with Gasteiger partial charge >= 0.3 is 0 Å². The fraction of sp³-hybridized carbons (Fsp3) is 1.00. The van der Waals surface area contributed by atoms with Crippen molar-refractivity contribution >= 4 is 0 Å². The Balaban J connectivity index is 3.08. The van der Waals surface area contributed by atoms with Gasteiger partial charge in [-0.15, -0.1) is 0 Å². The van der Waals surface area contributed by atoms with Gasteiger partial charge in [0, 0.05) is 6.61 Å². The lowest BCUT2D eigenvalue weighted by Crippen LogP contribution is -2.33. The zero-order valence-corrected chi connectivity index (χ0v) is 7.39. The van der Waals surface area contributed by atoms with Crippen LogP contribution in [0.15, 0.2) is 0 Å². The summed E-state index contributed by atoms with van der Waals surface area (Å²) in [7, 11) is 0. The molecule has 0 aromatic heterocycles. The predicted octanol–water partition coefficient (Wildman–Crippen LogP) is 1.39. The van der Waals surface area contributed by atoms with Gasteiger partial charge in [-0.25, -0.2) is 8.78 Å². The fourth-order valence-corrected chi connectivity index (χ4v) is 0.832. The van der Waals surface area contributed by atoms with E-state index in [1.807, 2.05) is 0 Å². The van der Waals surface area contributed by atoms with Crippen molar-refractivity contribution in [2.45, 2.75) is 38.7 Å². The van der Waals surface area contributed by atoms with Crippen LogP contribution in [0.25, 0.3) is 0 Å². The van der Waals surface area contributed by atoms with Crippen LogP contribution in [0.2, 0.25) is 0 Å². The Kier molecular flexibility index (Phi) is 7.29. The molecule has 0 aliphatic heterocycles. The van der Waals surface area contributed by atoms with E-state index in [2.05, 4.69) is 5.32 Å². The zero-order valence-electron chi connectivity index (χ0n) is 7.39. The number of halogens is 2. The standard InChI is InChI=1S/C8H17F2NO/c1-7(8(9)10)11-5-3-2-4-6-12/h7-8,11-12H,2-6H2,1H3. The van der Waals surface area contributed by atoms with Crippen LogP contribution in [-0.2, 0) is 0 Å². The molecule has 74 valence electrons. The monoisotopic (exact) mass is 181 g/mol. The normalized spacial score (nSPS) is 13.8. The van der Waals surface area contributed by atoms with Crippen molar-refractivity contribution in [3.05, 3.63) is 0 Å². The largest absolute Gasteiger partial charge is 0.396 e. The van der Waals surface area contributed by atoms with Crippen LogP contribution >= 0.6 is 0 Å². The minimum Gasteiger partial charge on any atom is -0.396 e. The molecule has 0 spiro atoms. The van der Waals surface area contributed by atoms with Gasteiger partial charge in [-0.2, -0.15) is 0 Å². The third kappa shape index (κ3) is 6.49. The van der Waals surface area contributed by atoms with E-state index in [0.717, 1.165) is 19.3 Å². The molecule has 2 nitrogen and oxygen atoms in total. The molecule has 0 aromatic rings. The molecule has 4 heteroatoms. The topological polar surface area (TPSA) is 32.3 Å². The van der Waals surface area contributed by atoms with Crippen molar-refractivity contribution in [1.82, 2.24) is 5.32 Å². The average Bonchev–Trinajstić information content (AvgIpc) is 2.03. The molecule has 0 radical (unpaired) electrons. The Labute approximate surface area is 72.0 Å². The van der Waals surface area contributed by atoms with Crippen LogP contribution in [0.1, 0.15) is 26.2 Å². The fourth-order valence-electron chi connectivity index (χ4n) is 0.832. The third-order valence-corrected chi connectivity index (χ3v) is 1.68. The molecule has 0 saturated heterocycles. The molecule has 0 fully saturated rings. The van der Waals surface area contributed by atoms with Crippen LogP contribution in [-0.4, -0.2) is 30.7 Å². The molecule has 0 aromatic carbocycles. The van der Waals surface area contributed by atoms with Gasteiger partial charge in [0.25, 0.3) is 6.43 Å². The first-order chi connectivity index (χ1) is 5.68. The average molecular weight is 181 g/mol. The number of hydrogen-bond acceptors (Lipinski definition) is 2. The summed E-state index contributed by atoms with van der Waals surface area (Å²) in [6, 6.07) is -0.723. The Hall–Kier alpha value is -0.220. The number of aliphatic hydroxyl groups is 1. The lowest BCUT2D eigenvalue weighted by atomic mass is 10.2. The summed E-state index contributed by atoms with van der Waals surface area (Å²) in [5.74, 6) is 0. The summed E-state index contributed by atoms with van der Waals surface area (Å²) < 4.78 is 23.8. The SMILES string of the molecule is CC(NCCCCCO)C(F)F. The molecule has 0 bridgehead atoms. The van der Waals surface area contributed by atoms with Gasteiger partial charge in [0.05, 0.1) is 6.04 Å². The predicted molar refractivity (Wildman–Crippen MR) is 44.4 cm³/mol. The van der Waals surface area contributed by atoms with Gasteiger partial charge in [-0.05, 0) is 32.7 Å². The Morgan fingerprint density at radius 3 is 2.42 bits per heavy atom. The van der Waals surface area contributed by atoms with Crippen LogP contribution in [0, 0.1) is 0 Å². The summed E-state index contributed by atoms with van der Waals surface area (Å²) in [5.41, 5.74) is 0. The molecule has 1 unspecified atom stereocenters. The van der Waals surface area contributed by atoms with Crippen molar-refractivity contribution in [2.24, 2.45) is 0 Å². The Morgan fingerprint density at radius 1 is 1.25 bits per heavy atom. The molecule has 0 aliphatic rings. The summed E-state index contributed by atoms with van der Waals surface area (Å²) in [5, 5.41) is 11.1. The molecule has 0 heterocycles. The van der Waals surface area contributed by atoms with E-state index in [1.54, 1.807) is 0 Å². The molecule has 0 amide bonds. The van der Waals surface area contributed by atoms with Gasteiger partial charge in [0.15, 0.2) is 0 Å². The highest BCUT2D eigenvalue weighted by atomic mass is 19.3. The molecule has 2 N–H and O–H groups in total. The highest BCUT2D eigenvalue weighted by Crippen LogP contribution is 2.00. The minimum absolute atomic E-state index is 0.185. The second-order valence-electron chi connectivity index (χ2n) is 2.86. The van der Waals surface area contributed by atoms with Gasteiger partial charge in [0.2, 0.25) is 0 Å². The van der Waals surface area contributed by atoms with E-state index in [1.165, 1.54) is 6.92 Å². The number of unbranched alkanes of at least 4 members (excludes halogenated alkanes) is 2. The number of rotatable bonds is 7. The molecule has 12 heavy (non-hydrogen) atoms. The first-order valence-corrected chi connectivity index (χ1v) is 4.31. The summed E-state index contributed by atoms with van der Waals surface area (Å²) in [6.45, 7) is 2.26. The van der Waals surface area contributed by atoms with Gasteiger partial charge in [-0.1, -0.05) is 0 Å². The van der Waals surface area contributed by atoms with Gasteiger partial charge in [0.1, 0.15) is 0 Å². The number of nitrogens with one attached hydrogen (secondary N) is 1. The van der Waals surface area contributed by atoms with E-state index in [0.29, 0.717) is 6.54 Å². The second-order valence-corrected chi connectivity index (χ2v) is 2.86. The molecule has 1 atom stereocenters. The van der Waals surface area contributed by atoms with Crippen molar-refractivity contribution < 1.29 is 13.9 Å². The van der Waals surface area contributed by atoms with Crippen LogP contribution < -0.4 is 5.32 Å². The summed E-state index contributed by atoms with van der Waals surface area (Å²) >= 11 is 0. The maximum Gasteiger partial charge on any atom is 0.253 e. The van der Waals surface area contributed by atoms with Crippen molar-refractivity contribution in [3.63, 3.8) is 0 Å². The molecule has 0 rings (SSSR count). The molecule has 0 saturated carbocycles. The molecule has 0 aliphatic carbocycles. The van der Waals surface area contributed by atoms with E-state index >= 15 is 0 Å². The van der Waals surface area contributed by atoms with E-state index in [4.69, 9.17) is 5.11 Å². The lowest BCUT2D eigenvalue weighted by Gasteiger charge is -2.11. The smallest absolute Gasteiger partial charge is 0.253 e. The van der Waals surface area contributed by atoms with Crippen LogP contribution in [0.3, 0.4) is 0 Å². The van der Waals surface area contributed by atoms with Crippen molar-refractivity contribution in [3.8, 4) is 0 Å². The van der Waals surface area contributed by atoms with Gasteiger partial charge in [-0.3, -0.25) is 0 Å². The number of aliphatic hydroxyl groups excluding tert-OH is 1. The third-order valence-electron chi connectivity index (χ3n) is 1.68. The van der Waals surface area contributed by atoms with E-state index in [-0.39, 0.29) is 6.61 Å². The summed E-state index contributed by atoms with van der Waals surface area (Å²) in [4.78, 5) is 0. The quantitative estimate of drug-likeness (QED) is 0.582. The maximum absolute atomic E-state index is 11.9. The highest BCUT2D eigenvalue weighted by Gasteiger charge is 2.12. The van der Waals surface area contributed by atoms with Crippen LogP contribution in [0.4, 0.5) is 8.78 Å². The highest BCUT2D eigenvalue weighted by molar-refractivity contribution is 4.61. The molecular formula is C8H17F2NO. The number of alkyl halides is 2. The second kappa shape index (κ2) is 7.43. The van der Waals surface area contributed by atoms with Crippen LogP contribution in [0.5, 0.6) is 0 Å². The lowest BCUT2D eigenvalue weighted by molar-refractivity contribution is 0.106. The summed E-state index contributed by atoms with van der Waals surface area (Å²) in [6.07, 6.45) is 0.199. The number of hydrogen-bond donors (Lipinski definition) is 2. The van der Waals surface area contributed by atoms with E-state index < -0.39 is 12.5 Å². The zero-order chi connectivity index (χ0) is 9.40.